The average molecular weight is 195 g/mol. The molecule has 0 fully saturated rings. The summed E-state index contributed by atoms with van der Waals surface area (Å²) in [5.41, 5.74) is 8.23. The largest absolute Gasteiger partial charge is 0.330 e. The fourth-order valence-corrected chi connectivity index (χ4v) is 1.58. The van der Waals surface area contributed by atoms with Crippen LogP contribution in [0.4, 0.5) is 0 Å². The van der Waals surface area contributed by atoms with E-state index in [0.717, 1.165) is 5.69 Å². The van der Waals surface area contributed by atoms with Crippen molar-refractivity contribution in [1.29, 1.82) is 0 Å². The summed E-state index contributed by atoms with van der Waals surface area (Å²) in [6.07, 6.45) is 2.08. The Bertz CT molecular complexity index is 307. The van der Waals surface area contributed by atoms with Crippen LogP contribution in [-0.4, -0.2) is 16.3 Å². The summed E-state index contributed by atoms with van der Waals surface area (Å²) in [7, 11) is 1.96. The van der Waals surface area contributed by atoms with Gasteiger partial charge in [-0.05, 0) is 18.0 Å². The molecule has 0 radical (unpaired) electrons. The van der Waals surface area contributed by atoms with Gasteiger partial charge in [-0.15, -0.1) is 0 Å². The van der Waals surface area contributed by atoms with Gasteiger partial charge in [-0.2, -0.15) is 5.10 Å². The molecule has 3 nitrogen and oxygen atoms in total. The Balaban J connectivity index is 3.16. The Morgan fingerprint density at radius 3 is 2.50 bits per heavy atom. The molecule has 0 aromatic carbocycles. The first kappa shape index (κ1) is 11.2. The lowest BCUT2D eigenvalue weighted by atomic mass is 9.86. The van der Waals surface area contributed by atoms with Crippen LogP contribution in [-0.2, 0) is 12.5 Å². The van der Waals surface area contributed by atoms with Crippen molar-refractivity contribution >= 4 is 0 Å². The minimum absolute atomic E-state index is 0.0972. The van der Waals surface area contributed by atoms with Crippen LogP contribution in [0, 0.1) is 0 Å². The normalized spacial score (nSPS) is 14.4. The second-order valence-electron chi connectivity index (χ2n) is 4.99. The molecule has 14 heavy (non-hydrogen) atoms. The molecular weight excluding hydrogens is 174 g/mol. The van der Waals surface area contributed by atoms with Gasteiger partial charge in [-0.3, -0.25) is 4.68 Å². The Morgan fingerprint density at radius 2 is 2.07 bits per heavy atom. The van der Waals surface area contributed by atoms with E-state index in [2.05, 4.69) is 39.0 Å². The second kappa shape index (κ2) is 3.73. The van der Waals surface area contributed by atoms with Gasteiger partial charge in [0, 0.05) is 18.7 Å². The fourth-order valence-electron chi connectivity index (χ4n) is 1.58. The molecule has 0 saturated carbocycles. The Kier molecular flexibility index (Phi) is 3.00. The maximum Gasteiger partial charge on any atom is 0.0712 e. The third-order valence-corrected chi connectivity index (χ3v) is 2.45. The predicted octanol–water partition coefficient (Wildman–Crippen LogP) is 1.78. The Hall–Kier alpha value is -0.830. The number of aromatic nitrogens is 2. The smallest absolute Gasteiger partial charge is 0.0712 e. The van der Waals surface area contributed by atoms with Crippen LogP contribution in [0.15, 0.2) is 6.20 Å². The number of hydrogen-bond donors (Lipinski definition) is 1. The molecule has 1 heterocycles. The number of nitrogens with zero attached hydrogens (tertiary/aromatic N) is 2. The van der Waals surface area contributed by atoms with Crippen molar-refractivity contribution in [3.8, 4) is 0 Å². The molecule has 0 aliphatic rings. The van der Waals surface area contributed by atoms with Crippen molar-refractivity contribution in [2.75, 3.05) is 6.54 Å². The van der Waals surface area contributed by atoms with Crippen LogP contribution < -0.4 is 5.73 Å². The van der Waals surface area contributed by atoms with E-state index in [0.29, 0.717) is 12.5 Å². The highest BCUT2D eigenvalue weighted by molar-refractivity contribution is 5.27. The van der Waals surface area contributed by atoms with Crippen molar-refractivity contribution in [3.63, 3.8) is 0 Å². The van der Waals surface area contributed by atoms with Gasteiger partial charge < -0.3 is 5.73 Å². The topological polar surface area (TPSA) is 43.8 Å². The minimum atomic E-state index is 0.0972. The van der Waals surface area contributed by atoms with E-state index >= 15 is 0 Å². The van der Waals surface area contributed by atoms with Crippen LogP contribution in [0.3, 0.4) is 0 Å². The van der Waals surface area contributed by atoms with Crippen LogP contribution in [0.25, 0.3) is 0 Å². The van der Waals surface area contributed by atoms with Gasteiger partial charge in [0.15, 0.2) is 0 Å². The SMILES string of the molecule is CC(CN)c1cn(C)nc1C(C)(C)C. The molecule has 80 valence electrons. The van der Waals surface area contributed by atoms with E-state index in [4.69, 9.17) is 5.73 Å². The van der Waals surface area contributed by atoms with Crippen molar-refractivity contribution < 1.29 is 0 Å². The highest BCUT2D eigenvalue weighted by Crippen LogP contribution is 2.28. The van der Waals surface area contributed by atoms with Gasteiger partial charge in [0.2, 0.25) is 0 Å². The molecule has 1 aromatic rings. The van der Waals surface area contributed by atoms with Crippen molar-refractivity contribution in [2.24, 2.45) is 12.8 Å². The van der Waals surface area contributed by atoms with Crippen LogP contribution in [0.2, 0.25) is 0 Å². The third kappa shape index (κ3) is 2.15. The summed E-state index contributed by atoms with van der Waals surface area (Å²) in [5, 5.41) is 4.51. The van der Waals surface area contributed by atoms with E-state index in [-0.39, 0.29) is 5.41 Å². The zero-order valence-corrected chi connectivity index (χ0v) is 9.83. The van der Waals surface area contributed by atoms with Crippen LogP contribution in [0.5, 0.6) is 0 Å². The lowest BCUT2D eigenvalue weighted by Crippen LogP contribution is -2.18. The molecule has 2 N–H and O–H groups in total. The molecule has 0 aliphatic carbocycles. The number of aryl methyl sites for hydroxylation is 1. The fraction of sp³-hybridized carbons (Fsp3) is 0.727. The van der Waals surface area contributed by atoms with Crippen molar-refractivity contribution in [2.45, 2.75) is 39.0 Å². The van der Waals surface area contributed by atoms with E-state index in [9.17, 15) is 0 Å². The summed E-state index contributed by atoms with van der Waals surface area (Å²) >= 11 is 0. The summed E-state index contributed by atoms with van der Waals surface area (Å²) in [5.74, 6) is 0.387. The zero-order chi connectivity index (χ0) is 10.9. The predicted molar refractivity (Wildman–Crippen MR) is 59.4 cm³/mol. The molecule has 0 saturated heterocycles. The van der Waals surface area contributed by atoms with Gasteiger partial charge in [0.1, 0.15) is 0 Å². The zero-order valence-electron chi connectivity index (χ0n) is 9.83. The number of rotatable bonds is 2. The van der Waals surface area contributed by atoms with Gasteiger partial charge in [0.05, 0.1) is 5.69 Å². The molecule has 1 atom stereocenters. The lowest BCUT2D eigenvalue weighted by molar-refractivity contribution is 0.543. The monoisotopic (exact) mass is 195 g/mol. The van der Waals surface area contributed by atoms with E-state index in [1.54, 1.807) is 0 Å². The molecule has 1 aromatic heterocycles. The molecule has 0 spiro atoms. The molecule has 0 bridgehead atoms. The molecular formula is C11H21N3. The second-order valence-corrected chi connectivity index (χ2v) is 4.99. The maximum absolute atomic E-state index is 5.69. The minimum Gasteiger partial charge on any atom is -0.330 e. The van der Waals surface area contributed by atoms with Gasteiger partial charge >= 0.3 is 0 Å². The summed E-state index contributed by atoms with van der Waals surface area (Å²) in [4.78, 5) is 0. The van der Waals surface area contributed by atoms with E-state index < -0.39 is 0 Å². The first-order chi connectivity index (χ1) is 6.36. The molecule has 1 rings (SSSR count). The quantitative estimate of drug-likeness (QED) is 0.781. The Morgan fingerprint density at radius 1 is 1.50 bits per heavy atom. The molecule has 0 amide bonds. The van der Waals surface area contributed by atoms with Crippen molar-refractivity contribution in [3.05, 3.63) is 17.5 Å². The van der Waals surface area contributed by atoms with Crippen LogP contribution >= 0.6 is 0 Å². The summed E-state index contributed by atoms with van der Waals surface area (Å²) < 4.78 is 1.88. The van der Waals surface area contributed by atoms with Gasteiger partial charge in [-0.1, -0.05) is 27.7 Å². The lowest BCUT2D eigenvalue weighted by Gasteiger charge is -2.19. The highest BCUT2D eigenvalue weighted by Gasteiger charge is 2.23. The maximum atomic E-state index is 5.69. The van der Waals surface area contributed by atoms with Crippen LogP contribution in [0.1, 0.15) is 44.9 Å². The number of hydrogen-bond acceptors (Lipinski definition) is 2. The average Bonchev–Trinajstić information content (AvgIpc) is 2.45. The third-order valence-electron chi connectivity index (χ3n) is 2.45. The first-order valence-corrected chi connectivity index (χ1v) is 5.10. The summed E-state index contributed by atoms with van der Waals surface area (Å²) in [6, 6.07) is 0. The van der Waals surface area contributed by atoms with Gasteiger partial charge in [0.25, 0.3) is 0 Å². The molecule has 3 heteroatoms. The van der Waals surface area contributed by atoms with Gasteiger partial charge in [-0.25, -0.2) is 0 Å². The summed E-state index contributed by atoms with van der Waals surface area (Å²) in [6.45, 7) is 9.37. The standard InChI is InChI=1S/C11H21N3/c1-8(6-12)9-7-14(5)13-10(9)11(2,3)4/h7-8H,6,12H2,1-5H3. The highest BCUT2D eigenvalue weighted by atomic mass is 15.3. The Labute approximate surface area is 86.3 Å². The molecule has 0 aliphatic heterocycles. The molecule has 1 unspecified atom stereocenters. The van der Waals surface area contributed by atoms with E-state index in [1.165, 1.54) is 5.56 Å². The van der Waals surface area contributed by atoms with E-state index in [1.807, 2.05) is 11.7 Å². The van der Waals surface area contributed by atoms with Crippen molar-refractivity contribution in [1.82, 2.24) is 9.78 Å². The number of nitrogens with two attached hydrogens (primary N) is 1. The first-order valence-electron chi connectivity index (χ1n) is 5.10.